The Bertz CT molecular complexity index is 794. The largest absolute Gasteiger partial charge is 0.386 e. The Hall–Kier alpha value is -2.09. The Balaban J connectivity index is 1.95. The second-order valence-electron chi connectivity index (χ2n) is 6.23. The average molecular weight is 423 g/mol. The molecule has 0 aliphatic rings. The Morgan fingerprint density at radius 3 is 2.75 bits per heavy atom. The van der Waals surface area contributed by atoms with Gasteiger partial charge in [0.1, 0.15) is 6.10 Å². The van der Waals surface area contributed by atoms with E-state index < -0.39 is 6.10 Å². The van der Waals surface area contributed by atoms with E-state index >= 15 is 0 Å². The van der Waals surface area contributed by atoms with E-state index in [0.29, 0.717) is 36.4 Å². The molecule has 0 fully saturated rings. The molecule has 2 rings (SSSR count). The first-order chi connectivity index (χ1) is 13.5. The number of aliphatic imine (C=N–C) groups is 1. The molecule has 8 heteroatoms. The molecule has 1 atom stereocenters. The van der Waals surface area contributed by atoms with Gasteiger partial charge < -0.3 is 21.1 Å². The number of carbonyl (C=O) groups is 1. The van der Waals surface area contributed by atoms with Gasteiger partial charge in [0.05, 0.1) is 10.9 Å². The lowest BCUT2D eigenvalue weighted by Crippen LogP contribution is -2.39. The van der Waals surface area contributed by atoms with Crippen molar-refractivity contribution in [3.8, 4) is 0 Å². The number of hydrogen-bond acceptors (Lipinski definition) is 4. The lowest BCUT2D eigenvalue weighted by atomic mass is 10.2. The number of nitrogens with one attached hydrogen (secondary N) is 3. The molecule has 1 aromatic carbocycles. The lowest BCUT2D eigenvalue weighted by Gasteiger charge is -2.14. The molecule has 6 nitrogen and oxygen atoms in total. The zero-order valence-electron chi connectivity index (χ0n) is 16.2. The standard InChI is InChI=1S/C20H27ClN4O2S/c1-3-6-19(27)25-15-8-5-7-14(11-15)12-23-20(22-4-2)24-13-16(26)17-9-10-18(21)28-17/h5,7-11,16,26H,3-4,6,12-13H2,1-2H3,(H,25,27)(H2,22,23,24). The molecule has 1 aromatic heterocycles. The monoisotopic (exact) mass is 422 g/mol. The minimum atomic E-state index is -0.654. The Morgan fingerprint density at radius 1 is 1.25 bits per heavy atom. The molecule has 1 amide bonds. The van der Waals surface area contributed by atoms with Crippen LogP contribution in [0, 0.1) is 0 Å². The second kappa shape index (κ2) is 11.7. The van der Waals surface area contributed by atoms with E-state index in [-0.39, 0.29) is 5.91 Å². The highest BCUT2D eigenvalue weighted by Crippen LogP contribution is 2.26. The number of hydrogen-bond donors (Lipinski definition) is 4. The third-order valence-corrected chi connectivity index (χ3v) is 5.17. The summed E-state index contributed by atoms with van der Waals surface area (Å²) < 4.78 is 0.653. The van der Waals surface area contributed by atoms with Gasteiger partial charge in [-0.25, -0.2) is 4.99 Å². The van der Waals surface area contributed by atoms with Crippen molar-refractivity contribution in [1.29, 1.82) is 0 Å². The van der Waals surface area contributed by atoms with Crippen LogP contribution in [-0.4, -0.2) is 30.1 Å². The van der Waals surface area contributed by atoms with E-state index in [2.05, 4.69) is 20.9 Å². The smallest absolute Gasteiger partial charge is 0.224 e. The molecular weight excluding hydrogens is 396 g/mol. The summed E-state index contributed by atoms with van der Waals surface area (Å²) in [7, 11) is 0. The fraction of sp³-hybridized carbons (Fsp3) is 0.400. The van der Waals surface area contributed by atoms with E-state index in [1.807, 2.05) is 44.2 Å². The summed E-state index contributed by atoms with van der Waals surface area (Å²) in [6.07, 6.45) is 0.671. The number of thiophene rings is 1. The number of halogens is 1. The van der Waals surface area contributed by atoms with Gasteiger partial charge in [-0.3, -0.25) is 4.79 Å². The number of carbonyl (C=O) groups excluding carboxylic acids is 1. The van der Waals surface area contributed by atoms with Crippen molar-refractivity contribution in [2.24, 2.45) is 4.99 Å². The Labute approximate surface area is 175 Å². The van der Waals surface area contributed by atoms with E-state index in [4.69, 9.17) is 11.6 Å². The number of nitrogens with zero attached hydrogens (tertiary/aromatic N) is 1. The van der Waals surface area contributed by atoms with E-state index in [0.717, 1.165) is 22.5 Å². The van der Waals surface area contributed by atoms with Crippen molar-refractivity contribution < 1.29 is 9.90 Å². The average Bonchev–Trinajstić information content (AvgIpc) is 3.11. The normalized spacial score (nSPS) is 12.5. The highest BCUT2D eigenvalue weighted by Gasteiger charge is 2.11. The maximum atomic E-state index is 11.8. The van der Waals surface area contributed by atoms with Crippen molar-refractivity contribution in [2.45, 2.75) is 39.3 Å². The number of guanidine groups is 1. The van der Waals surface area contributed by atoms with Crippen LogP contribution in [0.4, 0.5) is 5.69 Å². The van der Waals surface area contributed by atoms with Gasteiger partial charge in [-0.1, -0.05) is 30.7 Å². The van der Waals surface area contributed by atoms with Crippen LogP contribution in [0.5, 0.6) is 0 Å². The van der Waals surface area contributed by atoms with Gasteiger partial charge in [-0.2, -0.15) is 0 Å². The molecule has 4 N–H and O–H groups in total. The molecule has 28 heavy (non-hydrogen) atoms. The van der Waals surface area contributed by atoms with E-state index in [1.54, 1.807) is 6.07 Å². The van der Waals surface area contributed by atoms with Crippen molar-refractivity contribution in [1.82, 2.24) is 10.6 Å². The summed E-state index contributed by atoms with van der Waals surface area (Å²) in [5, 5.41) is 19.5. The summed E-state index contributed by atoms with van der Waals surface area (Å²) in [6.45, 7) is 5.45. The van der Waals surface area contributed by atoms with Crippen molar-refractivity contribution in [3.05, 3.63) is 51.2 Å². The summed E-state index contributed by atoms with van der Waals surface area (Å²) in [6, 6.07) is 11.2. The molecule has 1 heterocycles. The van der Waals surface area contributed by atoms with Crippen LogP contribution >= 0.6 is 22.9 Å². The minimum Gasteiger partial charge on any atom is -0.386 e. The van der Waals surface area contributed by atoms with Crippen LogP contribution in [-0.2, 0) is 11.3 Å². The second-order valence-corrected chi connectivity index (χ2v) is 7.98. The summed E-state index contributed by atoms with van der Waals surface area (Å²) in [4.78, 5) is 17.1. The van der Waals surface area contributed by atoms with Crippen LogP contribution in [0.2, 0.25) is 4.34 Å². The molecule has 0 spiro atoms. The summed E-state index contributed by atoms with van der Waals surface area (Å²) in [5.41, 5.74) is 1.76. The zero-order chi connectivity index (χ0) is 20.4. The Morgan fingerprint density at radius 2 is 2.07 bits per heavy atom. The van der Waals surface area contributed by atoms with Gasteiger partial charge in [0.2, 0.25) is 5.91 Å². The molecule has 0 bridgehead atoms. The molecule has 0 radical (unpaired) electrons. The van der Waals surface area contributed by atoms with Crippen LogP contribution in [0.25, 0.3) is 0 Å². The first-order valence-electron chi connectivity index (χ1n) is 9.36. The predicted molar refractivity (Wildman–Crippen MR) is 117 cm³/mol. The number of anilines is 1. The van der Waals surface area contributed by atoms with Crippen LogP contribution < -0.4 is 16.0 Å². The van der Waals surface area contributed by atoms with Gasteiger partial charge in [0.25, 0.3) is 0 Å². The molecular formula is C20H27ClN4O2S. The van der Waals surface area contributed by atoms with Gasteiger partial charge in [-0.15, -0.1) is 11.3 Å². The van der Waals surface area contributed by atoms with Crippen LogP contribution in [0.3, 0.4) is 0 Å². The lowest BCUT2D eigenvalue weighted by molar-refractivity contribution is -0.116. The number of amides is 1. The van der Waals surface area contributed by atoms with Crippen molar-refractivity contribution in [3.63, 3.8) is 0 Å². The van der Waals surface area contributed by atoms with Crippen LogP contribution in [0.15, 0.2) is 41.4 Å². The molecule has 1 unspecified atom stereocenters. The third-order valence-electron chi connectivity index (χ3n) is 3.84. The molecule has 0 saturated carbocycles. The van der Waals surface area contributed by atoms with E-state index in [9.17, 15) is 9.90 Å². The number of benzene rings is 1. The molecule has 152 valence electrons. The van der Waals surface area contributed by atoms with E-state index in [1.165, 1.54) is 11.3 Å². The quantitative estimate of drug-likeness (QED) is 0.364. The van der Waals surface area contributed by atoms with Crippen molar-refractivity contribution >= 4 is 40.5 Å². The topological polar surface area (TPSA) is 85.8 Å². The SMILES string of the molecule is CCCC(=O)Nc1cccc(CN=C(NCC)NCC(O)c2ccc(Cl)s2)c1. The first kappa shape index (κ1) is 22.2. The number of aliphatic hydroxyl groups is 1. The third kappa shape index (κ3) is 7.50. The number of aliphatic hydroxyl groups excluding tert-OH is 1. The van der Waals surface area contributed by atoms with Gasteiger partial charge in [-0.05, 0) is 43.2 Å². The molecule has 0 aliphatic carbocycles. The highest BCUT2D eigenvalue weighted by atomic mass is 35.5. The fourth-order valence-electron chi connectivity index (χ4n) is 2.51. The summed E-state index contributed by atoms with van der Waals surface area (Å²) >= 11 is 7.28. The highest BCUT2D eigenvalue weighted by molar-refractivity contribution is 7.16. The maximum absolute atomic E-state index is 11.8. The number of rotatable bonds is 9. The molecule has 2 aromatic rings. The Kier molecular flexibility index (Phi) is 9.27. The summed E-state index contributed by atoms with van der Waals surface area (Å²) in [5.74, 6) is 0.630. The fourth-order valence-corrected chi connectivity index (χ4v) is 3.56. The maximum Gasteiger partial charge on any atom is 0.224 e. The molecule has 0 saturated heterocycles. The predicted octanol–water partition coefficient (Wildman–Crippen LogP) is 3.93. The van der Waals surface area contributed by atoms with Crippen LogP contribution in [0.1, 0.15) is 43.2 Å². The van der Waals surface area contributed by atoms with Gasteiger partial charge in [0.15, 0.2) is 5.96 Å². The van der Waals surface area contributed by atoms with Gasteiger partial charge >= 0.3 is 0 Å². The first-order valence-corrected chi connectivity index (χ1v) is 10.6. The molecule has 0 aliphatic heterocycles. The zero-order valence-corrected chi connectivity index (χ0v) is 17.7. The van der Waals surface area contributed by atoms with Gasteiger partial charge in [0, 0.05) is 30.1 Å². The minimum absolute atomic E-state index is 0.0147. The van der Waals surface area contributed by atoms with Crippen molar-refractivity contribution in [2.75, 3.05) is 18.4 Å².